The Morgan fingerprint density at radius 3 is 2.80 bits per heavy atom. The van der Waals surface area contributed by atoms with Gasteiger partial charge in [0.05, 0.1) is 23.3 Å². The number of hydrogen-bond acceptors (Lipinski definition) is 6. The molecule has 2 amide bonds. The third-order valence-corrected chi connectivity index (χ3v) is 5.16. The van der Waals surface area contributed by atoms with E-state index in [2.05, 4.69) is 26.0 Å². The molecule has 8 nitrogen and oxygen atoms in total. The molecule has 1 aliphatic heterocycles. The number of carbonyl (C=O) groups excluding carboxylic acids is 2. The molecule has 1 aromatic carbocycles. The molecule has 3 aromatic rings. The Balaban J connectivity index is 1.58. The van der Waals surface area contributed by atoms with E-state index in [-0.39, 0.29) is 17.4 Å². The maximum atomic E-state index is 13.4. The maximum Gasteiger partial charge on any atom is 0.254 e. The summed E-state index contributed by atoms with van der Waals surface area (Å²) in [5.41, 5.74) is 1.96. The van der Waals surface area contributed by atoms with E-state index in [4.69, 9.17) is 11.6 Å². The van der Waals surface area contributed by atoms with Gasteiger partial charge < -0.3 is 10.6 Å². The Hall–Kier alpha value is -3.46. The summed E-state index contributed by atoms with van der Waals surface area (Å²) in [5, 5.41) is 13.4. The number of amides is 2. The number of halogens is 2. The molecule has 1 aliphatic carbocycles. The highest BCUT2D eigenvalue weighted by Gasteiger charge is 2.25. The van der Waals surface area contributed by atoms with Crippen LogP contribution < -0.4 is 16.0 Å². The van der Waals surface area contributed by atoms with Crippen LogP contribution in [0.25, 0.3) is 11.7 Å². The summed E-state index contributed by atoms with van der Waals surface area (Å²) in [6.07, 6.45) is 5.36. The summed E-state index contributed by atoms with van der Waals surface area (Å²) >= 11 is 6.14. The van der Waals surface area contributed by atoms with Gasteiger partial charge in [-0.1, -0.05) is 11.6 Å². The van der Waals surface area contributed by atoms with E-state index in [0.29, 0.717) is 34.3 Å². The van der Waals surface area contributed by atoms with Gasteiger partial charge in [0.1, 0.15) is 17.5 Å². The second kappa shape index (κ2) is 7.10. The first kappa shape index (κ1) is 18.6. The van der Waals surface area contributed by atoms with E-state index < -0.39 is 11.7 Å². The van der Waals surface area contributed by atoms with Crippen LogP contribution in [-0.4, -0.2) is 32.5 Å². The number of nitrogens with zero attached hydrogens (tertiary/aromatic N) is 3. The lowest BCUT2D eigenvalue weighted by Crippen LogP contribution is -2.19. The van der Waals surface area contributed by atoms with Crippen molar-refractivity contribution in [3.8, 4) is 0 Å². The molecule has 2 fully saturated rings. The van der Waals surface area contributed by atoms with Crippen LogP contribution in [-0.2, 0) is 9.59 Å². The molecule has 152 valence electrons. The third kappa shape index (κ3) is 3.59. The minimum absolute atomic E-state index is 0.0203. The SMILES string of the molecule is O=C1C/C(=C\c2cnn3c(NC4CC4)cc(Nc4ccc(F)cc4Cl)nc23)C(=O)N1. The van der Waals surface area contributed by atoms with Gasteiger partial charge >= 0.3 is 0 Å². The van der Waals surface area contributed by atoms with Gasteiger partial charge in [-0.25, -0.2) is 9.37 Å². The van der Waals surface area contributed by atoms with Crippen LogP contribution in [0.4, 0.5) is 21.7 Å². The summed E-state index contributed by atoms with van der Waals surface area (Å²) in [6, 6.07) is 6.21. The van der Waals surface area contributed by atoms with Gasteiger partial charge in [0.15, 0.2) is 5.65 Å². The first-order valence-corrected chi connectivity index (χ1v) is 9.76. The zero-order valence-electron chi connectivity index (χ0n) is 15.6. The van der Waals surface area contributed by atoms with Crippen molar-refractivity contribution in [3.63, 3.8) is 0 Å². The van der Waals surface area contributed by atoms with E-state index in [1.165, 1.54) is 18.2 Å². The average molecular weight is 427 g/mol. The molecule has 0 bridgehead atoms. The molecule has 2 aliphatic rings. The van der Waals surface area contributed by atoms with Crippen LogP contribution >= 0.6 is 11.6 Å². The standard InChI is InChI=1S/C20H16ClFN6O2/c21-14-7-12(22)1-4-15(14)25-16-8-17(24-13-2-3-13)28-19(26-16)11(9-23-28)5-10-6-18(29)27-20(10)30/h1,4-5,7-9,13,24H,2-3,6H2,(H,25,26)(H,27,29,30)/b10-5+. The average Bonchev–Trinajstić information content (AvgIpc) is 3.33. The number of anilines is 3. The third-order valence-electron chi connectivity index (χ3n) is 4.85. The van der Waals surface area contributed by atoms with Crippen molar-refractivity contribution in [3.05, 3.63) is 52.4 Å². The zero-order valence-corrected chi connectivity index (χ0v) is 16.3. The molecule has 3 heterocycles. The molecule has 0 unspecified atom stereocenters. The van der Waals surface area contributed by atoms with E-state index in [0.717, 1.165) is 18.7 Å². The minimum Gasteiger partial charge on any atom is -0.367 e. The summed E-state index contributed by atoms with van der Waals surface area (Å²) in [5.74, 6) is 0.0216. The lowest BCUT2D eigenvalue weighted by atomic mass is 10.1. The number of imide groups is 1. The number of aromatic nitrogens is 3. The van der Waals surface area contributed by atoms with Gasteiger partial charge in [-0.2, -0.15) is 9.61 Å². The topological polar surface area (TPSA) is 100 Å². The fourth-order valence-electron chi connectivity index (χ4n) is 3.22. The highest BCUT2D eigenvalue weighted by molar-refractivity contribution is 6.33. The summed E-state index contributed by atoms with van der Waals surface area (Å²) in [6.45, 7) is 0. The zero-order chi connectivity index (χ0) is 20.8. The monoisotopic (exact) mass is 426 g/mol. The van der Waals surface area contributed by atoms with Crippen molar-refractivity contribution >= 4 is 52.5 Å². The van der Waals surface area contributed by atoms with Crippen molar-refractivity contribution in [2.45, 2.75) is 25.3 Å². The quantitative estimate of drug-likeness (QED) is 0.427. The Morgan fingerprint density at radius 1 is 1.27 bits per heavy atom. The lowest BCUT2D eigenvalue weighted by molar-refractivity contribution is -0.124. The molecule has 0 atom stereocenters. The van der Waals surface area contributed by atoms with Gasteiger partial charge in [-0.3, -0.25) is 14.9 Å². The van der Waals surface area contributed by atoms with Crippen molar-refractivity contribution in [2.75, 3.05) is 10.6 Å². The van der Waals surface area contributed by atoms with Gasteiger partial charge in [-0.05, 0) is 37.1 Å². The second-order valence-electron chi connectivity index (χ2n) is 7.25. The highest BCUT2D eigenvalue weighted by atomic mass is 35.5. The Kier molecular flexibility index (Phi) is 4.39. The fraction of sp³-hybridized carbons (Fsp3) is 0.200. The lowest BCUT2D eigenvalue weighted by Gasteiger charge is -2.12. The molecule has 0 spiro atoms. The number of benzene rings is 1. The van der Waals surface area contributed by atoms with Crippen LogP contribution in [0.15, 0.2) is 36.0 Å². The van der Waals surface area contributed by atoms with E-state index in [1.54, 1.807) is 22.9 Å². The van der Waals surface area contributed by atoms with Gasteiger partial charge in [0.25, 0.3) is 5.91 Å². The number of hydrogen-bond donors (Lipinski definition) is 3. The summed E-state index contributed by atoms with van der Waals surface area (Å²) < 4.78 is 15.0. The Labute approximate surface area is 175 Å². The van der Waals surface area contributed by atoms with E-state index in [1.807, 2.05) is 0 Å². The summed E-state index contributed by atoms with van der Waals surface area (Å²) in [4.78, 5) is 28.0. The number of carbonyl (C=O) groups is 2. The van der Waals surface area contributed by atoms with Crippen LogP contribution in [0.3, 0.4) is 0 Å². The smallest absolute Gasteiger partial charge is 0.254 e. The molecule has 0 radical (unpaired) electrons. The molecular weight excluding hydrogens is 411 g/mol. The molecule has 10 heteroatoms. The minimum atomic E-state index is -0.431. The number of rotatable bonds is 5. The predicted molar refractivity (Wildman–Crippen MR) is 110 cm³/mol. The fourth-order valence-corrected chi connectivity index (χ4v) is 3.44. The molecule has 1 saturated carbocycles. The van der Waals surface area contributed by atoms with E-state index in [9.17, 15) is 14.0 Å². The largest absolute Gasteiger partial charge is 0.367 e. The first-order chi connectivity index (χ1) is 14.5. The molecular formula is C20H16ClFN6O2. The predicted octanol–water partition coefficient (Wildman–Crippen LogP) is 3.27. The summed E-state index contributed by atoms with van der Waals surface area (Å²) in [7, 11) is 0. The first-order valence-electron chi connectivity index (χ1n) is 9.38. The number of fused-ring (bicyclic) bond motifs is 1. The van der Waals surface area contributed by atoms with Gasteiger partial charge in [0.2, 0.25) is 5.91 Å². The van der Waals surface area contributed by atoms with E-state index >= 15 is 0 Å². The van der Waals surface area contributed by atoms with Crippen LogP contribution in [0.2, 0.25) is 5.02 Å². The van der Waals surface area contributed by atoms with Crippen molar-refractivity contribution in [2.24, 2.45) is 0 Å². The molecule has 5 rings (SSSR count). The highest BCUT2D eigenvalue weighted by Crippen LogP contribution is 2.30. The Morgan fingerprint density at radius 2 is 2.10 bits per heavy atom. The van der Waals surface area contributed by atoms with Crippen LogP contribution in [0, 0.1) is 5.82 Å². The normalized spacial score (nSPS) is 17.6. The molecule has 2 aromatic heterocycles. The van der Waals surface area contributed by atoms with Crippen molar-refractivity contribution in [1.29, 1.82) is 0 Å². The van der Waals surface area contributed by atoms with Crippen LogP contribution in [0.1, 0.15) is 24.8 Å². The number of nitrogens with one attached hydrogen (secondary N) is 3. The van der Waals surface area contributed by atoms with Crippen molar-refractivity contribution < 1.29 is 14.0 Å². The molecule has 30 heavy (non-hydrogen) atoms. The van der Waals surface area contributed by atoms with Crippen molar-refractivity contribution in [1.82, 2.24) is 19.9 Å². The maximum absolute atomic E-state index is 13.4. The second-order valence-corrected chi connectivity index (χ2v) is 7.66. The molecule has 1 saturated heterocycles. The van der Waals surface area contributed by atoms with Gasteiger partial charge in [0, 0.05) is 23.2 Å². The Bertz CT molecular complexity index is 1230. The molecule has 3 N–H and O–H groups in total. The van der Waals surface area contributed by atoms with Gasteiger partial charge in [-0.15, -0.1) is 0 Å². The van der Waals surface area contributed by atoms with Crippen LogP contribution in [0.5, 0.6) is 0 Å².